The van der Waals surface area contributed by atoms with Gasteiger partial charge in [-0.05, 0) is 31.1 Å². The van der Waals surface area contributed by atoms with E-state index in [1.807, 2.05) is 0 Å². The van der Waals surface area contributed by atoms with Gasteiger partial charge in [0.25, 0.3) is 0 Å². The molecule has 1 N–H and O–H groups in total. The Bertz CT molecular complexity index is 321. The van der Waals surface area contributed by atoms with Gasteiger partial charge in [0.2, 0.25) is 5.91 Å². The van der Waals surface area contributed by atoms with Crippen molar-refractivity contribution in [2.45, 2.75) is 63.8 Å². The van der Waals surface area contributed by atoms with Crippen LogP contribution >= 0.6 is 0 Å². The highest BCUT2D eigenvalue weighted by Gasteiger charge is 2.54. The van der Waals surface area contributed by atoms with E-state index in [9.17, 15) is 9.59 Å². The van der Waals surface area contributed by atoms with E-state index in [1.54, 1.807) is 0 Å². The van der Waals surface area contributed by atoms with Crippen LogP contribution in [-0.4, -0.2) is 25.0 Å². The smallest absolute Gasteiger partial charge is 0.305 e. The first-order valence-electron chi connectivity index (χ1n) is 7.02. The summed E-state index contributed by atoms with van der Waals surface area (Å²) in [5.41, 5.74) is 0.441. The molecule has 0 aromatic heterocycles. The monoisotopic (exact) mass is 253 g/mol. The van der Waals surface area contributed by atoms with Crippen molar-refractivity contribution in [1.82, 2.24) is 5.32 Å². The van der Waals surface area contributed by atoms with Gasteiger partial charge in [-0.3, -0.25) is 9.59 Å². The van der Waals surface area contributed by atoms with Crippen LogP contribution in [0, 0.1) is 5.41 Å². The summed E-state index contributed by atoms with van der Waals surface area (Å²) in [6.45, 7) is 0. The molecule has 1 spiro atoms. The second-order valence-corrected chi connectivity index (χ2v) is 5.68. The maximum atomic E-state index is 11.7. The SMILES string of the molecule is COC(=O)CCCC(=O)N[C@@H]1CC12CCCCC2. The zero-order valence-electron chi connectivity index (χ0n) is 11.2. The molecule has 2 saturated carbocycles. The minimum absolute atomic E-state index is 0.0892. The van der Waals surface area contributed by atoms with E-state index in [1.165, 1.54) is 39.2 Å². The predicted molar refractivity (Wildman–Crippen MR) is 67.9 cm³/mol. The highest BCUT2D eigenvalue weighted by molar-refractivity contribution is 5.77. The van der Waals surface area contributed by atoms with Crippen LogP contribution in [0.1, 0.15) is 57.8 Å². The first-order valence-corrected chi connectivity index (χ1v) is 7.02. The molecule has 18 heavy (non-hydrogen) atoms. The van der Waals surface area contributed by atoms with Crippen LogP contribution in [0.15, 0.2) is 0 Å². The van der Waals surface area contributed by atoms with Crippen molar-refractivity contribution in [1.29, 1.82) is 0 Å². The van der Waals surface area contributed by atoms with Gasteiger partial charge in [0, 0.05) is 18.9 Å². The molecule has 1 amide bonds. The largest absolute Gasteiger partial charge is 0.469 e. The fourth-order valence-electron chi connectivity index (χ4n) is 3.12. The molecule has 4 heteroatoms. The minimum Gasteiger partial charge on any atom is -0.469 e. The molecule has 0 aromatic rings. The molecule has 1 atom stereocenters. The van der Waals surface area contributed by atoms with Gasteiger partial charge in [0.15, 0.2) is 0 Å². The summed E-state index contributed by atoms with van der Waals surface area (Å²) in [5, 5.41) is 3.12. The molecule has 0 heterocycles. The van der Waals surface area contributed by atoms with Crippen molar-refractivity contribution in [3.8, 4) is 0 Å². The van der Waals surface area contributed by atoms with Crippen LogP contribution in [0.4, 0.5) is 0 Å². The molecule has 2 fully saturated rings. The minimum atomic E-state index is -0.238. The lowest BCUT2D eigenvalue weighted by atomic mass is 9.86. The lowest BCUT2D eigenvalue weighted by Crippen LogP contribution is -2.30. The number of amides is 1. The Kier molecular flexibility index (Phi) is 4.25. The molecule has 2 aliphatic carbocycles. The number of esters is 1. The maximum Gasteiger partial charge on any atom is 0.305 e. The summed E-state index contributed by atoms with van der Waals surface area (Å²) in [5.74, 6) is -0.149. The Morgan fingerprint density at radius 2 is 1.94 bits per heavy atom. The zero-order valence-corrected chi connectivity index (χ0v) is 11.2. The fourth-order valence-corrected chi connectivity index (χ4v) is 3.12. The van der Waals surface area contributed by atoms with Crippen molar-refractivity contribution in [2.75, 3.05) is 7.11 Å². The van der Waals surface area contributed by atoms with Crippen LogP contribution in [0.2, 0.25) is 0 Å². The quantitative estimate of drug-likeness (QED) is 0.764. The third kappa shape index (κ3) is 3.24. The van der Waals surface area contributed by atoms with E-state index >= 15 is 0 Å². The van der Waals surface area contributed by atoms with Crippen molar-refractivity contribution >= 4 is 11.9 Å². The van der Waals surface area contributed by atoms with Gasteiger partial charge in [0.1, 0.15) is 0 Å². The molecule has 0 saturated heterocycles. The van der Waals surface area contributed by atoms with Crippen molar-refractivity contribution in [2.24, 2.45) is 5.41 Å². The number of rotatable bonds is 5. The number of carbonyl (C=O) groups is 2. The van der Waals surface area contributed by atoms with Crippen LogP contribution in [0.5, 0.6) is 0 Å². The highest BCUT2D eigenvalue weighted by atomic mass is 16.5. The maximum absolute atomic E-state index is 11.7. The van der Waals surface area contributed by atoms with E-state index in [2.05, 4.69) is 10.1 Å². The Labute approximate surface area is 108 Å². The molecule has 0 bridgehead atoms. The molecule has 102 valence electrons. The zero-order chi connectivity index (χ0) is 13.0. The van der Waals surface area contributed by atoms with Crippen LogP contribution < -0.4 is 5.32 Å². The second-order valence-electron chi connectivity index (χ2n) is 5.68. The molecule has 0 aliphatic heterocycles. The molecule has 0 radical (unpaired) electrons. The van der Waals surface area contributed by atoms with E-state index in [4.69, 9.17) is 0 Å². The first kappa shape index (κ1) is 13.4. The van der Waals surface area contributed by atoms with Crippen LogP contribution in [0.3, 0.4) is 0 Å². The standard InChI is InChI=1S/C14H23NO3/c1-18-13(17)7-5-6-12(16)15-11-10-14(11)8-3-2-4-9-14/h11H,2-10H2,1H3,(H,15,16)/t11-/m1/s1. The van der Waals surface area contributed by atoms with E-state index in [0.29, 0.717) is 30.7 Å². The average molecular weight is 253 g/mol. The Balaban J connectivity index is 1.62. The summed E-state index contributed by atoms with van der Waals surface area (Å²) < 4.78 is 4.54. The first-order chi connectivity index (χ1) is 8.66. The van der Waals surface area contributed by atoms with Crippen LogP contribution in [-0.2, 0) is 14.3 Å². The highest BCUT2D eigenvalue weighted by Crippen LogP contribution is 2.56. The third-order valence-electron chi connectivity index (χ3n) is 4.39. The molecule has 4 nitrogen and oxygen atoms in total. The van der Waals surface area contributed by atoms with Gasteiger partial charge < -0.3 is 10.1 Å². The average Bonchev–Trinajstić information content (AvgIpc) is 3.01. The second kappa shape index (κ2) is 5.72. The van der Waals surface area contributed by atoms with E-state index in [0.717, 1.165) is 6.42 Å². The summed E-state index contributed by atoms with van der Waals surface area (Å²) in [7, 11) is 1.37. The summed E-state index contributed by atoms with van der Waals surface area (Å²) in [6, 6.07) is 0.406. The van der Waals surface area contributed by atoms with Crippen molar-refractivity contribution in [3.63, 3.8) is 0 Å². The van der Waals surface area contributed by atoms with Gasteiger partial charge >= 0.3 is 5.97 Å². The van der Waals surface area contributed by atoms with Gasteiger partial charge in [-0.15, -0.1) is 0 Å². The Morgan fingerprint density at radius 1 is 1.22 bits per heavy atom. The van der Waals surface area contributed by atoms with Gasteiger partial charge in [0.05, 0.1) is 7.11 Å². The molecule has 2 aliphatic rings. The van der Waals surface area contributed by atoms with Crippen molar-refractivity contribution in [3.05, 3.63) is 0 Å². The van der Waals surface area contributed by atoms with Gasteiger partial charge in [-0.1, -0.05) is 19.3 Å². The molecule has 0 unspecified atom stereocenters. The summed E-state index contributed by atoms with van der Waals surface area (Å²) in [6.07, 6.45) is 9.04. The topological polar surface area (TPSA) is 55.4 Å². The fraction of sp³-hybridized carbons (Fsp3) is 0.857. The molecular weight excluding hydrogens is 230 g/mol. The number of nitrogens with one attached hydrogen (secondary N) is 1. The summed E-state index contributed by atoms with van der Waals surface area (Å²) in [4.78, 5) is 22.6. The lowest BCUT2D eigenvalue weighted by molar-refractivity contribution is -0.140. The van der Waals surface area contributed by atoms with Gasteiger partial charge in [-0.25, -0.2) is 0 Å². The molecule has 0 aromatic carbocycles. The Hall–Kier alpha value is -1.06. The third-order valence-corrected chi connectivity index (χ3v) is 4.39. The number of hydrogen-bond donors (Lipinski definition) is 1. The normalized spacial score (nSPS) is 24.6. The van der Waals surface area contributed by atoms with E-state index < -0.39 is 0 Å². The Morgan fingerprint density at radius 3 is 2.61 bits per heavy atom. The number of hydrogen-bond acceptors (Lipinski definition) is 3. The molecule has 2 rings (SSSR count). The van der Waals surface area contributed by atoms with Crippen molar-refractivity contribution < 1.29 is 14.3 Å². The molecular formula is C14H23NO3. The van der Waals surface area contributed by atoms with Crippen LogP contribution in [0.25, 0.3) is 0 Å². The number of ether oxygens (including phenoxy) is 1. The number of carbonyl (C=O) groups excluding carboxylic acids is 2. The summed E-state index contributed by atoms with van der Waals surface area (Å²) >= 11 is 0. The predicted octanol–water partition coefficient (Wildman–Crippen LogP) is 2.17. The van der Waals surface area contributed by atoms with E-state index in [-0.39, 0.29) is 11.9 Å². The number of methoxy groups -OCH3 is 1. The van der Waals surface area contributed by atoms with Gasteiger partial charge in [-0.2, -0.15) is 0 Å². The lowest BCUT2D eigenvalue weighted by Gasteiger charge is -2.22.